The average molecular weight is 270 g/mol. The van der Waals surface area contributed by atoms with Crippen LogP contribution >= 0.6 is 12.4 Å². The van der Waals surface area contributed by atoms with Crippen LogP contribution in [-0.4, -0.2) is 24.0 Å². The SMILES string of the molecule is CC(NC(=O)[C@@H]1CCCNC1)c1cccnc1.Cl. The van der Waals surface area contributed by atoms with E-state index < -0.39 is 0 Å². The van der Waals surface area contributed by atoms with Gasteiger partial charge in [0.1, 0.15) is 0 Å². The van der Waals surface area contributed by atoms with E-state index in [0.717, 1.165) is 31.5 Å². The Hall–Kier alpha value is -1.13. The second-order valence-corrected chi connectivity index (χ2v) is 4.56. The number of hydrogen-bond donors (Lipinski definition) is 2. The van der Waals surface area contributed by atoms with E-state index in [1.807, 2.05) is 19.1 Å². The first-order valence-corrected chi connectivity index (χ1v) is 6.18. The van der Waals surface area contributed by atoms with Gasteiger partial charge in [-0.1, -0.05) is 6.07 Å². The summed E-state index contributed by atoms with van der Waals surface area (Å²) < 4.78 is 0. The molecule has 0 aromatic carbocycles. The summed E-state index contributed by atoms with van der Waals surface area (Å²) in [5.41, 5.74) is 1.05. The standard InChI is InChI=1S/C13H19N3O.ClH/c1-10(11-4-2-6-14-8-11)16-13(17)12-5-3-7-15-9-12;/h2,4,6,8,10,12,15H,3,5,7,9H2,1H3,(H,16,17);1H/t10?,12-;/m1./s1. The molecule has 4 nitrogen and oxygen atoms in total. The molecule has 1 aliphatic heterocycles. The first-order chi connectivity index (χ1) is 8.27. The Morgan fingerprint density at radius 2 is 2.44 bits per heavy atom. The van der Waals surface area contributed by atoms with Crippen molar-refractivity contribution >= 4 is 18.3 Å². The van der Waals surface area contributed by atoms with Crippen LogP contribution in [0.3, 0.4) is 0 Å². The normalized spacial score (nSPS) is 20.6. The van der Waals surface area contributed by atoms with Crippen molar-refractivity contribution in [2.45, 2.75) is 25.8 Å². The molecule has 1 aliphatic rings. The van der Waals surface area contributed by atoms with E-state index in [2.05, 4.69) is 15.6 Å². The molecule has 0 spiro atoms. The number of aromatic nitrogens is 1. The summed E-state index contributed by atoms with van der Waals surface area (Å²) in [6.07, 6.45) is 5.60. The zero-order valence-corrected chi connectivity index (χ0v) is 11.4. The zero-order valence-electron chi connectivity index (χ0n) is 10.6. The summed E-state index contributed by atoms with van der Waals surface area (Å²) in [4.78, 5) is 16.1. The number of nitrogens with one attached hydrogen (secondary N) is 2. The molecule has 2 heterocycles. The number of rotatable bonds is 3. The van der Waals surface area contributed by atoms with Gasteiger partial charge in [-0.05, 0) is 37.9 Å². The second kappa shape index (κ2) is 7.34. The number of carbonyl (C=O) groups excluding carboxylic acids is 1. The van der Waals surface area contributed by atoms with Crippen LogP contribution in [-0.2, 0) is 4.79 Å². The van der Waals surface area contributed by atoms with Crippen molar-refractivity contribution in [2.24, 2.45) is 5.92 Å². The fourth-order valence-corrected chi connectivity index (χ4v) is 2.12. The van der Waals surface area contributed by atoms with Crippen LogP contribution in [0.5, 0.6) is 0 Å². The van der Waals surface area contributed by atoms with Crippen LogP contribution < -0.4 is 10.6 Å². The Kier molecular flexibility index (Phi) is 6.09. The highest BCUT2D eigenvalue weighted by Crippen LogP contribution is 2.14. The van der Waals surface area contributed by atoms with Gasteiger partial charge in [-0.25, -0.2) is 0 Å². The van der Waals surface area contributed by atoms with Crippen LogP contribution in [0.25, 0.3) is 0 Å². The maximum atomic E-state index is 12.0. The van der Waals surface area contributed by atoms with Crippen LogP contribution in [0.4, 0.5) is 0 Å². The minimum atomic E-state index is 0. The van der Waals surface area contributed by atoms with Gasteiger partial charge < -0.3 is 10.6 Å². The van der Waals surface area contributed by atoms with Crippen molar-refractivity contribution in [1.82, 2.24) is 15.6 Å². The summed E-state index contributed by atoms with van der Waals surface area (Å²) in [5, 5.41) is 6.30. The number of pyridine rings is 1. The lowest BCUT2D eigenvalue weighted by atomic mass is 9.98. The minimum Gasteiger partial charge on any atom is -0.349 e. The molecule has 0 saturated carbocycles. The van der Waals surface area contributed by atoms with E-state index in [1.165, 1.54) is 0 Å². The number of piperidine rings is 1. The van der Waals surface area contributed by atoms with Crippen molar-refractivity contribution in [3.05, 3.63) is 30.1 Å². The molecule has 2 N–H and O–H groups in total. The Labute approximate surface area is 114 Å². The molecule has 1 aromatic heterocycles. The number of hydrogen-bond acceptors (Lipinski definition) is 3. The quantitative estimate of drug-likeness (QED) is 0.878. The molecular formula is C13H20ClN3O. The van der Waals surface area contributed by atoms with Crippen molar-refractivity contribution in [3.63, 3.8) is 0 Å². The van der Waals surface area contributed by atoms with E-state index >= 15 is 0 Å². The van der Waals surface area contributed by atoms with Crippen molar-refractivity contribution in [1.29, 1.82) is 0 Å². The lowest BCUT2D eigenvalue weighted by molar-refractivity contribution is -0.126. The number of carbonyl (C=O) groups is 1. The van der Waals surface area contributed by atoms with Gasteiger partial charge in [0, 0.05) is 18.9 Å². The highest BCUT2D eigenvalue weighted by atomic mass is 35.5. The Bertz CT molecular complexity index is 366. The molecule has 2 atom stereocenters. The lowest BCUT2D eigenvalue weighted by Crippen LogP contribution is -2.41. The topological polar surface area (TPSA) is 54.0 Å². The fraction of sp³-hybridized carbons (Fsp3) is 0.538. The van der Waals surface area contributed by atoms with E-state index in [-0.39, 0.29) is 30.3 Å². The predicted molar refractivity (Wildman–Crippen MR) is 73.6 cm³/mol. The zero-order chi connectivity index (χ0) is 12.1. The molecule has 100 valence electrons. The highest BCUT2D eigenvalue weighted by molar-refractivity contribution is 5.85. The van der Waals surface area contributed by atoms with Gasteiger partial charge in [-0.3, -0.25) is 9.78 Å². The molecule has 5 heteroatoms. The van der Waals surface area contributed by atoms with Crippen molar-refractivity contribution in [2.75, 3.05) is 13.1 Å². The molecule has 1 unspecified atom stereocenters. The van der Waals surface area contributed by atoms with Crippen LogP contribution in [0, 0.1) is 5.92 Å². The van der Waals surface area contributed by atoms with Gasteiger partial charge in [0.15, 0.2) is 0 Å². The third-order valence-electron chi connectivity index (χ3n) is 3.21. The maximum absolute atomic E-state index is 12.0. The Balaban J connectivity index is 0.00000162. The van der Waals surface area contributed by atoms with Gasteiger partial charge >= 0.3 is 0 Å². The lowest BCUT2D eigenvalue weighted by Gasteiger charge is -2.24. The molecule has 1 aromatic rings. The molecule has 1 amide bonds. The van der Waals surface area contributed by atoms with Gasteiger partial charge in [-0.2, -0.15) is 0 Å². The van der Waals surface area contributed by atoms with Crippen LogP contribution in [0.1, 0.15) is 31.4 Å². The smallest absolute Gasteiger partial charge is 0.224 e. The maximum Gasteiger partial charge on any atom is 0.224 e. The summed E-state index contributed by atoms with van der Waals surface area (Å²) in [6.45, 7) is 3.82. The molecule has 0 aliphatic carbocycles. The van der Waals surface area contributed by atoms with E-state index in [0.29, 0.717) is 0 Å². The first-order valence-electron chi connectivity index (χ1n) is 6.18. The summed E-state index contributed by atoms with van der Waals surface area (Å²) in [7, 11) is 0. The van der Waals surface area contributed by atoms with Gasteiger partial charge in [0.05, 0.1) is 12.0 Å². The van der Waals surface area contributed by atoms with Crippen molar-refractivity contribution in [3.8, 4) is 0 Å². The van der Waals surface area contributed by atoms with E-state index in [4.69, 9.17) is 0 Å². The minimum absolute atomic E-state index is 0. The third-order valence-corrected chi connectivity index (χ3v) is 3.21. The third kappa shape index (κ3) is 3.96. The fourth-order valence-electron chi connectivity index (χ4n) is 2.12. The monoisotopic (exact) mass is 269 g/mol. The number of nitrogens with zero attached hydrogens (tertiary/aromatic N) is 1. The van der Waals surface area contributed by atoms with E-state index in [1.54, 1.807) is 12.4 Å². The Morgan fingerprint density at radius 1 is 1.61 bits per heavy atom. The molecule has 18 heavy (non-hydrogen) atoms. The molecule has 1 fully saturated rings. The first kappa shape index (κ1) is 14.9. The predicted octanol–water partition coefficient (Wildman–Crippen LogP) is 1.68. The van der Waals surface area contributed by atoms with E-state index in [9.17, 15) is 4.79 Å². The molecule has 1 saturated heterocycles. The molecule has 0 radical (unpaired) electrons. The number of halogens is 1. The highest BCUT2D eigenvalue weighted by Gasteiger charge is 2.22. The largest absolute Gasteiger partial charge is 0.349 e. The van der Waals surface area contributed by atoms with Crippen LogP contribution in [0.2, 0.25) is 0 Å². The summed E-state index contributed by atoms with van der Waals surface area (Å²) in [6, 6.07) is 3.90. The molecule has 0 bridgehead atoms. The van der Waals surface area contributed by atoms with Gasteiger partial charge in [0.25, 0.3) is 0 Å². The van der Waals surface area contributed by atoms with Crippen molar-refractivity contribution < 1.29 is 4.79 Å². The number of amides is 1. The van der Waals surface area contributed by atoms with Gasteiger partial charge in [-0.15, -0.1) is 12.4 Å². The Morgan fingerprint density at radius 3 is 3.06 bits per heavy atom. The van der Waals surface area contributed by atoms with Gasteiger partial charge in [0.2, 0.25) is 5.91 Å². The molecule has 2 rings (SSSR count). The average Bonchev–Trinajstić information content (AvgIpc) is 2.40. The summed E-state index contributed by atoms with van der Waals surface area (Å²) >= 11 is 0. The molecular weight excluding hydrogens is 250 g/mol. The second-order valence-electron chi connectivity index (χ2n) is 4.56. The summed E-state index contributed by atoms with van der Waals surface area (Å²) in [5.74, 6) is 0.261. The van der Waals surface area contributed by atoms with Crippen LogP contribution in [0.15, 0.2) is 24.5 Å².